The lowest BCUT2D eigenvalue weighted by Crippen LogP contribution is -2.12. The van der Waals surface area contributed by atoms with Crippen LogP contribution in [0.15, 0.2) is 0 Å². The topological polar surface area (TPSA) is 62.7 Å². The first-order chi connectivity index (χ1) is 10.3. The minimum atomic E-state index is 0.365. The van der Waals surface area contributed by atoms with E-state index in [-0.39, 0.29) is 0 Å². The molecule has 0 saturated carbocycles. The molecule has 0 aromatic carbocycles. The minimum Gasteiger partial charge on any atom is -0.379 e. The average Bonchev–Trinajstić information content (AvgIpc) is 2.89. The zero-order valence-electron chi connectivity index (χ0n) is 12.4. The highest BCUT2D eigenvalue weighted by Crippen LogP contribution is 2.17. The highest BCUT2D eigenvalue weighted by Gasteiger charge is 2.04. The van der Waals surface area contributed by atoms with Gasteiger partial charge in [0.05, 0.1) is 46.2 Å². The van der Waals surface area contributed by atoms with Gasteiger partial charge in [0, 0.05) is 18.1 Å². The number of hydrogen-bond donors (Lipinski definition) is 0. The molecule has 0 unspecified atom stereocenters. The van der Waals surface area contributed by atoms with Gasteiger partial charge in [0.1, 0.15) is 10.0 Å². The van der Waals surface area contributed by atoms with Crippen LogP contribution in [-0.2, 0) is 25.6 Å². The SMILES string of the molecule is CCCCOCCOCCOCCOCc1nnsc1Cl. The lowest BCUT2D eigenvalue weighted by atomic mass is 10.4. The van der Waals surface area contributed by atoms with Crippen molar-refractivity contribution in [3.63, 3.8) is 0 Å². The summed E-state index contributed by atoms with van der Waals surface area (Å²) in [4.78, 5) is 0. The van der Waals surface area contributed by atoms with Crippen LogP contribution < -0.4 is 0 Å². The number of hydrogen-bond acceptors (Lipinski definition) is 7. The smallest absolute Gasteiger partial charge is 0.139 e. The van der Waals surface area contributed by atoms with Crippen molar-refractivity contribution >= 4 is 23.1 Å². The Hall–Kier alpha value is -0.310. The summed E-state index contributed by atoms with van der Waals surface area (Å²) >= 11 is 7.00. The van der Waals surface area contributed by atoms with E-state index in [0.717, 1.165) is 31.0 Å². The minimum absolute atomic E-state index is 0.365. The maximum atomic E-state index is 5.85. The van der Waals surface area contributed by atoms with E-state index >= 15 is 0 Å². The summed E-state index contributed by atoms with van der Waals surface area (Å²) in [7, 11) is 0. The maximum Gasteiger partial charge on any atom is 0.139 e. The molecule has 0 bridgehead atoms. The quantitative estimate of drug-likeness (QED) is 0.486. The van der Waals surface area contributed by atoms with Gasteiger partial charge in [0.2, 0.25) is 0 Å². The lowest BCUT2D eigenvalue weighted by molar-refractivity contribution is -0.00462. The maximum absolute atomic E-state index is 5.85. The first-order valence-electron chi connectivity index (χ1n) is 7.12. The molecule has 0 atom stereocenters. The van der Waals surface area contributed by atoms with E-state index in [1.165, 1.54) is 0 Å². The molecule has 0 saturated heterocycles. The van der Waals surface area contributed by atoms with Gasteiger partial charge in [-0.05, 0) is 6.42 Å². The molecule has 0 radical (unpaired) electrons. The summed E-state index contributed by atoms with van der Waals surface area (Å²) in [6, 6.07) is 0. The number of rotatable bonds is 14. The first-order valence-corrected chi connectivity index (χ1v) is 8.27. The highest BCUT2D eigenvalue weighted by atomic mass is 35.5. The van der Waals surface area contributed by atoms with Gasteiger partial charge in [-0.25, -0.2) is 0 Å². The Labute approximate surface area is 134 Å². The molecule has 0 spiro atoms. The number of nitrogens with zero attached hydrogens (tertiary/aromatic N) is 2. The van der Waals surface area contributed by atoms with Gasteiger partial charge in [0.25, 0.3) is 0 Å². The fraction of sp³-hybridized carbons (Fsp3) is 0.846. The third kappa shape index (κ3) is 10.1. The summed E-state index contributed by atoms with van der Waals surface area (Å²) in [6.45, 7) is 6.71. The van der Waals surface area contributed by atoms with Crippen molar-refractivity contribution in [2.45, 2.75) is 26.4 Å². The Kier molecular flexibility index (Phi) is 11.9. The molecule has 1 aromatic rings. The number of ether oxygens (including phenoxy) is 4. The fourth-order valence-electron chi connectivity index (χ4n) is 1.36. The summed E-state index contributed by atoms with van der Waals surface area (Å²) in [5.74, 6) is 0. The molecule has 0 aliphatic heterocycles. The van der Waals surface area contributed by atoms with E-state index in [1.54, 1.807) is 0 Å². The summed E-state index contributed by atoms with van der Waals surface area (Å²) in [5.41, 5.74) is 0.674. The molecule has 122 valence electrons. The second kappa shape index (κ2) is 13.4. The van der Waals surface area contributed by atoms with E-state index < -0.39 is 0 Å². The van der Waals surface area contributed by atoms with Gasteiger partial charge in [-0.2, -0.15) is 0 Å². The largest absolute Gasteiger partial charge is 0.379 e. The second-order valence-corrected chi connectivity index (χ2v) is 5.59. The predicted molar refractivity (Wildman–Crippen MR) is 81.9 cm³/mol. The van der Waals surface area contributed by atoms with Crippen molar-refractivity contribution in [2.24, 2.45) is 0 Å². The standard InChI is InChI=1S/C13H23ClN2O4S/c1-2-3-4-17-5-6-18-7-8-19-9-10-20-11-12-13(14)21-16-15-12/h2-11H2,1H3. The fourth-order valence-corrected chi connectivity index (χ4v) is 1.96. The van der Waals surface area contributed by atoms with Crippen LogP contribution >= 0.6 is 23.1 Å². The van der Waals surface area contributed by atoms with Gasteiger partial charge in [-0.3, -0.25) is 0 Å². The Morgan fingerprint density at radius 1 is 0.905 bits per heavy atom. The van der Waals surface area contributed by atoms with E-state index in [0.29, 0.717) is 56.3 Å². The molecule has 0 aliphatic carbocycles. The number of unbranched alkanes of at least 4 members (excludes halogenated alkanes) is 1. The van der Waals surface area contributed by atoms with Crippen LogP contribution in [0.4, 0.5) is 0 Å². The average molecular weight is 339 g/mol. The van der Waals surface area contributed by atoms with E-state index in [2.05, 4.69) is 16.5 Å². The van der Waals surface area contributed by atoms with Crippen LogP contribution in [0, 0.1) is 0 Å². The third-order valence-electron chi connectivity index (χ3n) is 2.51. The van der Waals surface area contributed by atoms with Crippen molar-refractivity contribution in [1.82, 2.24) is 9.59 Å². The molecule has 0 N–H and O–H groups in total. The molecule has 0 amide bonds. The Morgan fingerprint density at radius 3 is 2.00 bits per heavy atom. The Morgan fingerprint density at radius 2 is 1.48 bits per heavy atom. The molecule has 8 heteroatoms. The predicted octanol–water partition coefficient (Wildman–Crippen LogP) is 2.56. The molecule has 1 heterocycles. The number of halogens is 1. The van der Waals surface area contributed by atoms with Crippen LogP contribution in [0.5, 0.6) is 0 Å². The molecule has 1 rings (SSSR count). The van der Waals surface area contributed by atoms with Crippen molar-refractivity contribution in [1.29, 1.82) is 0 Å². The van der Waals surface area contributed by atoms with Gasteiger partial charge >= 0.3 is 0 Å². The lowest BCUT2D eigenvalue weighted by Gasteiger charge is -2.07. The molecule has 0 fully saturated rings. The third-order valence-corrected chi connectivity index (χ3v) is 3.49. The van der Waals surface area contributed by atoms with Gasteiger partial charge in [-0.1, -0.05) is 29.4 Å². The van der Waals surface area contributed by atoms with E-state index in [1.807, 2.05) is 0 Å². The first kappa shape index (κ1) is 18.7. The summed E-state index contributed by atoms with van der Waals surface area (Å²) < 4.78 is 25.8. The molecule has 0 aliphatic rings. The Balaban J connectivity index is 1.76. The van der Waals surface area contributed by atoms with Gasteiger partial charge in [-0.15, -0.1) is 5.10 Å². The summed E-state index contributed by atoms with van der Waals surface area (Å²) in [6.07, 6.45) is 2.26. The normalized spacial score (nSPS) is 11.1. The van der Waals surface area contributed by atoms with Crippen molar-refractivity contribution in [2.75, 3.05) is 46.2 Å². The van der Waals surface area contributed by atoms with Crippen LogP contribution in [0.3, 0.4) is 0 Å². The van der Waals surface area contributed by atoms with E-state index in [4.69, 9.17) is 30.5 Å². The number of aromatic nitrogens is 2. The molecule has 6 nitrogen and oxygen atoms in total. The molecular formula is C13H23ClN2O4S. The molecular weight excluding hydrogens is 316 g/mol. The van der Waals surface area contributed by atoms with Gasteiger partial charge < -0.3 is 18.9 Å². The van der Waals surface area contributed by atoms with Crippen molar-refractivity contribution in [3.05, 3.63) is 10.0 Å². The van der Waals surface area contributed by atoms with Crippen LogP contribution in [0.25, 0.3) is 0 Å². The van der Waals surface area contributed by atoms with E-state index in [9.17, 15) is 0 Å². The molecule has 1 aromatic heterocycles. The highest BCUT2D eigenvalue weighted by molar-refractivity contribution is 7.10. The second-order valence-electron chi connectivity index (χ2n) is 4.24. The van der Waals surface area contributed by atoms with Crippen LogP contribution in [0.2, 0.25) is 4.34 Å². The van der Waals surface area contributed by atoms with Crippen molar-refractivity contribution in [3.8, 4) is 0 Å². The zero-order valence-corrected chi connectivity index (χ0v) is 14.0. The van der Waals surface area contributed by atoms with Crippen molar-refractivity contribution < 1.29 is 18.9 Å². The Bertz CT molecular complexity index is 355. The van der Waals surface area contributed by atoms with Gasteiger partial charge in [0.15, 0.2) is 0 Å². The van der Waals surface area contributed by atoms with Crippen LogP contribution in [0.1, 0.15) is 25.5 Å². The monoisotopic (exact) mass is 338 g/mol. The molecule has 21 heavy (non-hydrogen) atoms. The van der Waals surface area contributed by atoms with Crippen LogP contribution in [-0.4, -0.2) is 55.8 Å². The zero-order chi connectivity index (χ0) is 15.2. The summed E-state index contributed by atoms with van der Waals surface area (Å²) in [5, 5.41) is 3.85.